The van der Waals surface area contributed by atoms with Crippen LogP contribution in [0.4, 0.5) is 0 Å². The van der Waals surface area contributed by atoms with Crippen molar-refractivity contribution < 1.29 is 9.53 Å². The topological polar surface area (TPSA) is 56.1 Å². The molecule has 3 heterocycles. The number of hydrogen-bond acceptors (Lipinski definition) is 3. The second-order valence-corrected chi connectivity index (χ2v) is 9.23. The Labute approximate surface area is 191 Å². The molecule has 1 N–H and O–H groups in total. The number of nitrogens with zero attached hydrogens (tertiary/aromatic N) is 2. The summed E-state index contributed by atoms with van der Waals surface area (Å²) in [6.07, 6.45) is 9.23. The Bertz CT molecular complexity index is 1180. The minimum Gasteiger partial charge on any atom is -0.481 e. The molecule has 0 fully saturated rings. The van der Waals surface area contributed by atoms with Gasteiger partial charge in [-0.1, -0.05) is 28.1 Å². The van der Waals surface area contributed by atoms with Crippen LogP contribution in [0.1, 0.15) is 59.1 Å². The average molecular weight is 482 g/mol. The van der Waals surface area contributed by atoms with Crippen LogP contribution in [0.3, 0.4) is 0 Å². The molecule has 0 spiro atoms. The largest absolute Gasteiger partial charge is 0.481 e. The lowest BCUT2D eigenvalue weighted by Crippen LogP contribution is -2.24. The Morgan fingerprint density at radius 1 is 1.19 bits per heavy atom. The number of aromatic nitrogens is 2. The van der Waals surface area contributed by atoms with Gasteiger partial charge in [-0.3, -0.25) is 4.79 Å². The highest BCUT2D eigenvalue weighted by Gasteiger charge is 2.20. The highest BCUT2D eigenvalue weighted by molar-refractivity contribution is 9.10. The summed E-state index contributed by atoms with van der Waals surface area (Å²) in [6.45, 7) is 6.67. The van der Waals surface area contributed by atoms with E-state index in [0.29, 0.717) is 24.0 Å². The number of ether oxygens (including phenoxy) is 1. The third kappa shape index (κ3) is 4.26. The minimum absolute atomic E-state index is 0.0918. The Hall–Kier alpha value is -2.60. The maximum absolute atomic E-state index is 13.4. The number of carbonyl (C=O) groups is 1. The van der Waals surface area contributed by atoms with Gasteiger partial charge in [0, 0.05) is 39.9 Å². The van der Waals surface area contributed by atoms with Crippen molar-refractivity contribution in [3.63, 3.8) is 0 Å². The number of carbonyl (C=O) groups excluding carboxylic acids is 1. The number of nitrogens with one attached hydrogen (secondary N) is 1. The van der Waals surface area contributed by atoms with E-state index < -0.39 is 0 Å². The van der Waals surface area contributed by atoms with Gasteiger partial charge in [0.15, 0.2) is 0 Å². The summed E-state index contributed by atoms with van der Waals surface area (Å²) in [5, 5.41) is 4.15. The number of halogens is 1. The maximum atomic E-state index is 13.4. The van der Waals surface area contributed by atoms with Crippen molar-refractivity contribution in [3.8, 4) is 5.88 Å². The molecule has 31 heavy (non-hydrogen) atoms. The number of amides is 1. The fraction of sp³-hybridized carbons (Fsp3) is 0.360. The second-order valence-electron chi connectivity index (χ2n) is 8.31. The minimum atomic E-state index is -0.0918. The number of rotatable bonds is 2. The molecule has 3 aromatic rings. The lowest BCUT2D eigenvalue weighted by molar-refractivity contribution is 0.0952. The normalized spacial score (nSPS) is 15.6. The van der Waals surface area contributed by atoms with E-state index in [4.69, 9.17) is 4.74 Å². The highest BCUT2D eigenvalue weighted by Crippen LogP contribution is 2.32. The van der Waals surface area contributed by atoms with E-state index in [2.05, 4.69) is 75.1 Å². The molecule has 0 unspecified atom stereocenters. The standard InChI is InChI=1S/C25H28BrN3O2/c1-15(2)29-14-18-9-7-5-6-8-17-10-16(3)28-25(31-4)21(17)13-27-24(30)20-11-19(26)12-22(29)23(18)20/h5,7,10-12,14-15H,6,8-9,13H2,1-4H3,(H,27,30)/b7-5+. The third-order valence-corrected chi connectivity index (χ3v) is 6.25. The van der Waals surface area contributed by atoms with Crippen LogP contribution in [0.2, 0.25) is 0 Å². The average Bonchev–Trinajstić information content (AvgIpc) is 3.09. The lowest BCUT2D eigenvalue weighted by Gasteiger charge is -2.15. The van der Waals surface area contributed by atoms with Crippen LogP contribution < -0.4 is 10.1 Å². The van der Waals surface area contributed by atoms with Crippen LogP contribution in [-0.4, -0.2) is 22.6 Å². The Morgan fingerprint density at radius 2 is 2.00 bits per heavy atom. The van der Waals surface area contributed by atoms with Crippen LogP contribution in [0.5, 0.6) is 5.88 Å². The fourth-order valence-electron chi connectivity index (χ4n) is 4.35. The molecule has 0 saturated carbocycles. The van der Waals surface area contributed by atoms with Gasteiger partial charge in [-0.15, -0.1) is 0 Å². The number of hydrogen-bond donors (Lipinski definition) is 1. The molecule has 1 amide bonds. The van der Waals surface area contributed by atoms with Crippen molar-refractivity contribution in [2.45, 2.75) is 52.6 Å². The number of pyridine rings is 1. The third-order valence-electron chi connectivity index (χ3n) is 5.79. The maximum Gasteiger partial charge on any atom is 0.252 e. The van der Waals surface area contributed by atoms with E-state index in [-0.39, 0.29) is 5.91 Å². The van der Waals surface area contributed by atoms with Gasteiger partial charge in [-0.25, -0.2) is 4.98 Å². The SMILES string of the molecule is COc1nc(C)cc2c1CNC(=O)c1cc(Br)cc3c1c(cn3C(C)C)C/C=C/CC2. The predicted molar refractivity (Wildman–Crippen MR) is 128 cm³/mol. The molecule has 4 rings (SSSR count). The zero-order valence-corrected chi connectivity index (χ0v) is 20.0. The Balaban J connectivity index is 1.85. The summed E-state index contributed by atoms with van der Waals surface area (Å²) in [6, 6.07) is 6.41. The zero-order valence-electron chi connectivity index (χ0n) is 18.5. The molecule has 0 saturated heterocycles. The number of allylic oxidation sites excluding steroid dienone is 2. The van der Waals surface area contributed by atoms with E-state index >= 15 is 0 Å². The van der Waals surface area contributed by atoms with E-state index in [0.717, 1.165) is 51.5 Å². The molecule has 0 radical (unpaired) electrons. The van der Waals surface area contributed by atoms with Crippen molar-refractivity contribution in [1.29, 1.82) is 0 Å². The van der Waals surface area contributed by atoms with Crippen molar-refractivity contribution in [2.24, 2.45) is 0 Å². The summed E-state index contributed by atoms with van der Waals surface area (Å²) in [5.74, 6) is 0.492. The molecule has 6 heteroatoms. The quantitative estimate of drug-likeness (QED) is 0.479. The van der Waals surface area contributed by atoms with Gasteiger partial charge in [0.2, 0.25) is 5.88 Å². The first-order valence-electron chi connectivity index (χ1n) is 10.7. The van der Waals surface area contributed by atoms with Crippen molar-refractivity contribution in [1.82, 2.24) is 14.9 Å². The van der Waals surface area contributed by atoms with Gasteiger partial charge in [0.05, 0.1) is 18.2 Å². The summed E-state index contributed by atoms with van der Waals surface area (Å²) in [5.41, 5.74) is 5.96. The second kappa shape index (κ2) is 8.87. The predicted octanol–water partition coefficient (Wildman–Crippen LogP) is 5.67. The van der Waals surface area contributed by atoms with Gasteiger partial charge >= 0.3 is 0 Å². The Morgan fingerprint density at radius 3 is 2.74 bits per heavy atom. The molecular weight excluding hydrogens is 454 g/mol. The van der Waals surface area contributed by atoms with Gasteiger partial charge < -0.3 is 14.6 Å². The number of benzene rings is 1. The smallest absolute Gasteiger partial charge is 0.252 e. The molecule has 0 bridgehead atoms. The van der Waals surface area contributed by atoms with Crippen LogP contribution in [0, 0.1) is 6.92 Å². The monoisotopic (exact) mass is 481 g/mol. The number of methoxy groups -OCH3 is 1. The molecule has 1 aromatic carbocycles. The summed E-state index contributed by atoms with van der Waals surface area (Å²) >= 11 is 3.61. The molecule has 0 atom stereocenters. The highest BCUT2D eigenvalue weighted by atomic mass is 79.9. The van der Waals surface area contributed by atoms with E-state index in [1.807, 2.05) is 13.0 Å². The molecule has 0 aliphatic carbocycles. The van der Waals surface area contributed by atoms with Crippen LogP contribution in [0.25, 0.3) is 10.9 Å². The molecule has 5 nitrogen and oxygen atoms in total. The van der Waals surface area contributed by atoms with Crippen LogP contribution in [0.15, 0.2) is 41.0 Å². The fourth-order valence-corrected chi connectivity index (χ4v) is 4.79. The van der Waals surface area contributed by atoms with Gasteiger partial charge in [0.25, 0.3) is 5.91 Å². The molecule has 162 valence electrons. The number of aryl methyl sites for hydroxylation is 2. The molecule has 2 aromatic heterocycles. The lowest BCUT2D eigenvalue weighted by atomic mass is 10.0. The molecular formula is C25H28BrN3O2. The van der Waals surface area contributed by atoms with Gasteiger partial charge in [-0.05, 0) is 69.4 Å². The molecule has 1 aliphatic heterocycles. The Kier molecular flexibility index (Phi) is 6.19. The first kappa shape index (κ1) is 21.6. The van der Waals surface area contributed by atoms with E-state index in [1.54, 1.807) is 7.11 Å². The van der Waals surface area contributed by atoms with Gasteiger partial charge in [0.1, 0.15) is 0 Å². The van der Waals surface area contributed by atoms with Gasteiger partial charge in [-0.2, -0.15) is 0 Å². The summed E-state index contributed by atoms with van der Waals surface area (Å²) < 4.78 is 8.69. The van der Waals surface area contributed by atoms with E-state index in [1.165, 1.54) is 5.56 Å². The first-order chi connectivity index (χ1) is 14.9. The summed E-state index contributed by atoms with van der Waals surface area (Å²) in [4.78, 5) is 17.9. The van der Waals surface area contributed by atoms with Crippen molar-refractivity contribution in [2.75, 3.05) is 7.11 Å². The van der Waals surface area contributed by atoms with Crippen molar-refractivity contribution >= 4 is 32.7 Å². The summed E-state index contributed by atoms with van der Waals surface area (Å²) in [7, 11) is 1.63. The van der Waals surface area contributed by atoms with E-state index in [9.17, 15) is 4.79 Å². The van der Waals surface area contributed by atoms with Crippen LogP contribution >= 0.6 is 15.9 Å². The zero-order chi connectivity index (χ0) is 22.1. The van der Waals surface area contributed by atoms with Crippen LogP contribution in [-0.2, 0) is 19.4 Å². The first-order valence-corrected chi connectivity index (χ1v) is 11.5. The van der Waals surface area contributed by atoms with Crippen molar-refractivity contribution in [3.05, 3.63) is 69.0 Å². The molecule has 1 aliphatic rings. The number of fused-ring (bicyclic) bond motifs is 1.